The van der Waals surface area contributed by atoms with E-state index in [-0.39, 0.29) is 23.5 Å². The summed E-state index contributed by atoms with van der Waals surface area (Å²) in [5, 5.41) is 0. The molecule has 4 nitrogen and oxygen atoms in total. The summed E-state index contributed by atoms with van der Waals surface area (Å²) in [4.78, 5) is 0. The van der Waals surface area contributed by atoms with Crippen LogP contribution in [0.4, 0.5) is 3.89 Å². The van der Waals surface area contributed by atoms with E-state index in [4.69, 9.17) is 9.31 Å². The summed E-state index contributed by atoms with van der Waals surface area (Å²) < 4.78 is 27.4. The molecule has 7 heteroatoms. The molecule has 1 aliphatic heterocycles. The highest BCUT2D eigenvalue weighted by Gasteiger charge is 2.52. The number of hydrogen-bond donors (Lipinski definition) is 0. The maximum atomic E-state index is 12.6. The van der Waals surface area contributed by atoms with Crippen LogP contribution in [-0.4, -0.2) is 22.4 Å². The standard InChI is InChI=1S/C10H17BFN2O2S/c1-9(2)10(3,4)16-11(15-9)8-6-13(5)14(7-8)17-12/h6-7H,1-5H3/q+1. The van der Waals surface area contributed by atoms with Gasteiger partial charge in [-0.1, -0.05) is 4.09 Å². The summed E-state index contributed by atoms with van der Waals surface area (Å²) in [6.07, 6.45) is 3.47. The molecule has 0 saturated carbocycles. The van der Waals surface area contributed by atoms with Crippen LogP contribution in [0.1, 0.15) is 27.7 Å². The molecule has 0 bridgehead atoms. The number of aryl methyl sites for hydroxylation is 1. The predicted molar refractivity (Wildman–Crippen MR) is 65.4 cm³/mol. The van der Waals surface area contributed by atoms with Crippen molar-refractivity contribution < 1.29 is 17.9 Å². The molecule has 1 saturated heterocycles. The lowest BCUT2D eigenvalue weighted by Crippen LogP contribution is -2.41. The van der Waals surface area contributed by atoms with Gasteiger partial charge in [0, 0.05) is 0 Å². The second-order valence-electron chi connectivity index (χ2n) is 5.29. The van der Waals surface area contributed by atoms with Crippen LogP contribution in [-0.2, 0) is 16.4 Å². The van der Waals surface area contributed by atoms with Gasteiger partial charge in [-0.15, -0.1) is 8.57 Å². The smallest absolute Gasteiger partial charge is 0.399 e. The monoisotopic (exact) mass is 259 g/mol. The first-order valence-corrected chi connectivity index (χ1v) is 6.17. The average Bonchev–Trinajstić information content (AvgIpc) is 2.66. The van der Waals surface area contributed by atoms with Crippen molar-refractivity contribution in [1.29, 1.82) is 0 Å². The Morgan fingerprint density at radius 2 is 1.82 bits per heavy atom. The SMILES string of the molecule is C[n+]1cc(B2OC(C)(C)C(C)(C)O2)cn1SF. The summed E-state index contributed by atoms with van der Waals surface area (Å²) >= 11 is 0.143. The van der Waals surface area contributed by atoms with E-state index in [0.29, 0.717) is 0 Å². The minimum absolute atomic E-state index is 0.143. The number of rotatable bonds is 2. The highest BCUT2D eigenvalue weighted by Crippen LogP contribution is 2.36. The third kappa shape index (κ3) is 2.11. The van der Waals surface area contributed by atoms with Gasteiger partial charge >= 0.3 is 7.12 Å². The van der Waals surface area contributed by atoms with E-state index < -0.39 is 7.12 Å². The molecule has 1 aromatic rings. The van der Waals surface area contributed by atoms with Crippen LogP contribution < -0.4 is 10.1 Å². The van der Waals surface area contributed by atoms with Crippen LogP contribution in [0.25, 0.3) is 0 Å². The molecule has 1 aliphatic rings. The number of hydrogen-bond acceptors (Lipinski definition) is 3. The fourth-order valence-electron chi connectivity index (χ4n) is 1.69. The van der Waals surface area contributed by atoms with Crippen molar-refractivity contribution in [2.45, 2.75) is 38.9 Å². The van der Waals surface area contributed by atoms with Crippen molar-refractivity contribution in [3.05, 3.63) is 12.4 Å². The molecule has 2 heterocycles. The molecular weight excluding hydrogens is 242 g/mol. The Morgan fingerprint density at radius 3 is 2.24 bits per heavy atom. The molecule has 1 aromatic heterocycles. The van der Waals surface area contributed by atoms with Gasteiger partial charge in [-0.25, -0.2) is 0 Å². The summed E-state index contributed by atoms with van der Waals surface area (Å²) in [5.41, 5.74) is 0.0684. The van der Waals surface area contributed by atoms with Crippen LogP contribution >= 0.6 is 12.3 Å². The molecule has 0 unspecified atom stereocenters. The van der Waals surface area contributed by atoms with Gasteiger partial charge in [0.15, 0.2) is 13.2 Å². The molecule has 0 radical (unpaired) electrons. The maximum Gasteiger partial charge on any atom is 0.502 e. The van der Waals surface area contributed by atoms with Gasteiger partial charge in [0.05, 0.1) is 22.9 Å². The molecule has 94 valence electrons. The molecule has 0 aliphatic carbocycles. The zero-order valence-electron chi connectivity index (χ0n) is 10.7. The minimum Gasteiger partial charge on any atom is -0.399 e. The lowest BCUT2D eigenvalue weighted by Gasteiger charge is -2.32. The number of nitrogens with zero attached hydrogens (tertiary/aromatic N) is 2. The lowest BCUT2D eigenvalue weighted by atomic mass is 9.82. The van der Waals surface area contributed by atoms with Gasteiger partial charge in [-0.2, -0.15) is 0 Å². The van der Waals surface area contributed by atoms with E-state index >= 15 is 0 Å². The van der Waals surface area contributed by atoms with E-state index in [1.807, 2.05) is 27.7 Å². The van der Waals surface area contributed by atoms with Crippen molar-refractivity contribution in [3.8, 4) is 0 Å². The first kappa shape index (κ1) is 12.9. The first-order valence-electron chi connectivity index (χ1n) is 5.50. The molecule has 0 amide bonds. The third-order valence-electron chi connectivity index (χ3n) is 3.50. The number of halogens is 1. The topological polar surface area (TPSA) is 27.3 Å². The van der Waals surface area contributed by atoms with Gasteiger partial charge in [0.1, 0.15) is 0 Å². The quantitative estimate of drug-likeness (QED) is 0.585. The zero-order chi connectivity index (χ0) is 12.8. The Bertz CT molecular complexity index is 420. The van der Waals surface area contributed by atoms with E-state index in [2.05, 4.69) is 0 Å². The Kier molecular flexibility index (Phi) is 3.04. The minimum atomic E-state index is -0.445. The van der Waals surface area contributed by atoms with Crippen LogP contribution in [0.3, 0.4) is 0 Å². The van der Waals surface area contributed by atoms with Crippen LogP contribution in [0.5, 0.6) is 0 Å². The lowest BCUT2D eigenvalue weighted by molar-refractivity contribution is -0.735. The van der Waals surface area contributed by atoms with Crippen LogP contribution in [0.15, 0.2) is 12.4 Å². The molecule has 17 heavy (non-hydrogen) atoms. The molecular formula is C10H17BFN2O2S+. The fourth-order valence-corrected chi connectivity index (χ4v) is 2.00. The van der Waals surface area contributed by atoms with Gasteiger partial charge in [-0.05, 0) is 27.7 Å². The molecule has 0 aromatic carbocycles. The molecule has 0 N–H and O–H groups in total. The van der Waals surface area contributed by atoms with Crippen LogP contribution in [0, 0.1) is 0 Å². The molecule has 0 atom stereocenters. The van der Waals surface area contributed by atoms with Crippen molar-refractivity contribution in [2.75, 3.05) is 0 Å². The van der Waals surface area contributed by atoms with Crippen molar-refractivity contribution in [3.63, 3.8) is 0 Å². The van der Waals surface area contributed by atoms with Gasteiger partial charge < -0.3 is 9.31 Å². The summed E-state index contributed by atoms with van der Waals surface area (Å²) in [7, 11) is 1.32. The fraction of sp³-hybridized carbons (Fsp3) is 0.700. The van der Waals surface area contributed by atoms with E-state index in [1.54, 1.807) is 24.1 Å². The number of aromatic nitrogens is 2. The normalized spacial score (nSPS) is 22.1. The Hall–Kier alpha value is -0.525. The van der Waals surface area contributed by atoms with Gasteiger partial charge in [0.25, 0.3) is 0 Å². The molecule has 0 spiro atoms. The summed E-state index contributed by atoms with van der Waals surface area (Å²) in [6.45, 7) is 7.98. The van der Waals surface area contributed by atoms with E-state index in [0.717, 1.165) is 5.46 Å². The van der Waals surface area contributed by atoms with Crippen LogP contribution in [0.2, 0.25) is 0 Å². The second kappa shape index (κ2) is 4.00. The average molecular weight is 259 g/mol. The molecule has 2 rings (SSSR count). The Morgan fingerprint density at radius 1 is 1.29 bits per heavy atom. The third-order valence-corrected chi connectivity index (χ3v) is 4.01. The highest BCUT2D eigenvalue weighted by atomic mass is 32.2. The second-order valence-corrected chi connectivity index (χ2v) is 5.80. The van der Waals surface area contributed by atoms with Crippen molar-refractivity contribution in [2.24, 2.45) is 7.05 Å². The zero-order valence-corrected chi connectivity index (χ0v) is 11.5. The Labute approximate surface area is 106 Å². The summed E-state index contributed by atoms with van der Waals surface area (Å²) in [6, 6.07) is 0. The van der Waals surface area contributed by atoms with E-state index in [9.17, 15) is 3.89 Å². The van der Waals surface area contributed by atoms with Crippen molar-refractivity contribution in [1.82, 2.24) is 4.09 Å². The van der Waals surface area contributed by atoms with E-state index in [1.165, 1.54) is 4.09 Å². The van der Waals surface area contributed by atoms with Crippen molar-refractivity contribution >= 4 is 24.9 Å². The largest absolute Gasteiger partial charge is 0.502 e. The predicted octanol–water partition coefficient (Wildman–Crippen LogP) is 0.993. The Balaban J connectivity index is 2.26. The summed E-state index contributed by atoms with van der Waals surface area (Å²) in [5.74, 6) is 0. The first-order chi connectivity index (χ1) is 7.77. The van der Waals surface area contributed by atoms with Gasteiger partial charge in [0.2, 0.25) is 12.3 Å². The highest BCUT2D eigenvalue weighted by molar-refractivity contribution is 7.92. The maximum absolute atomic E-state index is 12.6. The molecule has 1 fully saturated rings. The van der Waals surface area contributed by atoms with Gasteiger partial charge in [-0.3, -0.25) is 0 Å².